The molecule has 0 spiro atoms. The lowest BCUT2D eigenvalue weighted by Crippen LogP contribution is -2.41. The van der Waals surface area contributed by atoms with E-state index >= 15 is 0 Å². The molecule has 0 radical (unpaired) electrons. The van der Waals surface area contributed by atoms with E-state index in [0.717, 1.165) is 53.7 Å². The first-order chi connectivity index (χ1) is 13.5. The number of aromatic nitrogens is 2. The molecule has 3 aromatic rings. The van der Waals surface area contributed by atoms with Crippen molar-refractivity contribution in [2.45, 2.75) is 25.4 Å². The largest absolute Gasteiger partial charge is 0.497 e. The number of benzene rings is 1. The molecule has 0 unspecified atom stereocenters. The quantitative estimate of drug-likeness (QED) is 0.738. The number of methoxy groups -OCH3 is 1. The number of hydrogen-bond acceptors (Lipinski definition) is 5. The maximum absolute atomic E-state index is 6.09. The number of pyridine rings is 1. The topological polar surface area (TPSA) is 59.0 Å². The number of fused-ring (bicyclic) bond motifs is 1. The van der Waals surface area contributed by atoms with Crippen LogP contribution in [0.15, 0.2) is 42.6 Å². The van der Waals surface area contributed by atoms with Gasteiger partial charge < -0.3 is 19.8 Å². The van der Waals surface area contributed by atoms with Crippen molar-refractivity contribution in [1.82, 2.24) is 19.2 Å². The summed E-state index contributed by atoms with van der Waals surface area (Å²) in [6, 6.07) is 12.6. The summed E-state index contributed by atoms with van der Waals surface area (Å²) in [7, 11) is 6.11. The summed E-state index contributed by atoms with van der Waals surface area (Å²) < 4.78 is 7.56. The number of ether oxygens (including phenoxy) is 1. The number of nitrogens with two attached hydrogens (primary N) is 1. The first kappa shape index (κ1) is 18.8. The molecule has 3 heterocycles. The minimum Gasteiger partial charge on any atom is -0.497 e. The molecule has 0 bridgehead atoms. The van der Waals surface area contributed by atoms with Crippen LogP contribution in [0, 0.1) is 0 Å². The zero-order valence-electron chi connectivity index (χ0n) is 16.9. The normalized spacial score (nSPS) is 16.1. The predicted octanol–water partition coefficient (Wildman–Crippen LogP) is 3.12. The summed E-state index contributed by atoms with van der Waals surface area (Å²) in [6.45, 7) is 3.13. The van der Waals surface area contributed by atoms with Gasteiger partial charge in [0.2, 0.25) is 0 Å². The lowest BCUT2D eigenvalue weighted by Gasteiger charge is -2.35. The Labute approximate surface area is 166 Å². The van der Waals surface area contributed by atoms with Crippen molar-refractivity contribution in [1.29, 1.82) is 0 Å². The molecule has 28 heavy (non-hydrogen) atoms. The summed E-state index contributed by atoms with van der Waals surface area (Å²) in [5.74, 6) is 0.837. The molecule has 0 atom stereocenters. The van der Waals surface area contributed by atoms with Crippen LogP contribution in [0.5, 0.6) is 5.75 Å². The Morgan fingerprint density at radius 2 is 2.00 bits per heavy atom. The number of hydrogen-bond donors (Lipinski definition) is 1. The lowest BCUT2D eigenvalue weighted by molar-refractivity contribution is 0.138. The van der Waals surface area contributed by atoms with Gasteiger partial charge in [-0.15, -0.1) is 0 Å². The Kier molecular flexibility index (Phi) is 5.24. The van der Waals surface area contributed by atoms with Gasteiger partial charge in [-0.2, -0.15) is 0 Å². The number of likely N-dealkylation sites (tertiary alicyclic amines) is 1. The van der Waals surface area contributed by atoms with Crippen molar-refractivity contribution >= 4 is 11.3 Å². The van der Waals surface area contributed by atoms with E-state index in [1.165, 1.54) is 12.8 Å². The summed E-state index contributed by atoms with van der Waals surface area (Å²) in [4.78, 5) is 9.79. The van der Waals surface area contributed by atoms with Gasteiger partial charge in [-0.05, 0) is 64.3 Å². The van der Waals surface area contributed by atoms with Gasteiger partial charge in [0.25, 0.3) is 0 Å². The van der Waals surface area contributed by atoms with Crippen molar-refractivity contribution < 1.29 is 4.74 Å². The fourth-order valence-corrected chi connectivity index (χ4v) is 4.06. The molecule has 1 fully saturated rings. The third-order valence-corrected chi connectivity index (χ3v) is 5.79. The molecule has 6 nitrogen and oxygen atoms in total. The number of nitrogens with zero attached hydrogens (tertiary/aromatic N) is 4. The molecule has 4 rings (SSSR count). The molecule has 1 aromatic carbocycles. The van der Waals surface area contributed by atoms with Crippen LogP contribution in [0.4, 0.5) is 5.69 Å². The average Bonchev–Trinajstić information content (AvgIpc) is 3.06. The molecule has 0 saturated carbocycles. The minimum atomic E-state index is 0.584. The van der Waals surface area contributed by atoms with Crippen molar-refractivity contribution in [2.75, 3.05) is 40.0 Å². The van der Waals surface area contributed by atoms with E-state index in [9.17, 15) is 0 Å². The van der Waals surface area contributed by atoms with Crippen LogP contribution in [0.25, 0.3) is 16.9 Å². The van der Waals surface area contributed by atoms with Gasteiger partial charge >= 0.3 is 0 Å². The first-order valence-corrected chi connectivity index (χ1v) is 9.85. The average molecular weight is 380 g/mol. The van der Waals surface area contributed by atoms with Crippen LogP contribution in [0.1, 0.15) is 18.5 Å². The third-order valence-electron chi connectivity index (χ3n) is 5.79. The Morgan fingerprint density at radius 1 is 1.21 bits per heavy atom. The summed E-state index contributed by atoms with van der Waals surface area (Å²) in [6.07, 6.45) is 4.37. The van der Waals surface area contributed by atoms with E-state index in [2.05, 4.69) is 34.4 Å². The van der Waals surface area contributed by atoms with Crippen LogP contribution in [-0.2, 0) is 6.54 Å². The molecule has 0 amide bonds. The predicted molar refractivity (Wildman–Crippen MR) is 114 cm³/mol. The monoisotopic (exact) mass is 379 g/mol. The standard InChI is InChI=1S/C22H29N5O/c1-25-11-9-18(10-12-25)26(2)15-20-22(16-5-4-6-19(13-16)28-3)24-21-8-7-17(23)14-27(20)21/h4-8,13-14,18H,9-12,15,23H2,1-3H3. The second-order valence-electron chi connectivity index (χ2n) is 7.78. The minimum absolute atomic E-state index is 0.584. The number of imidazole rings is 1. The Balaban J connectivity index is 1.73. The van der Waals surface area contributed by atoms with Crippen molar-refractivity contribution in [2.24, 2.45) is 0 Å². The van der Waals surface area contributed by atoms with Gasteiger partial charge in [0.1, 0.15) is 11.4 Å². The summed E-state index contributed by atoms with van der Waals surface area (Å²) in [5, 5.41) is 0. The Hall–Kier alpha value is -2.57. The molecule has 0 aliphatic carbocycles. The zero-order chi connectivity index (χ0) is 19.7. The van der Waals surface area contributed by atoms with Crippen LogP contribution in [-0.4, -0.2) is 59.5 Å². The van der Waals surface area contributed by atoms with E-state index < -0.39 is 0 Å². The van der Waals surface area contributed by atoms with Gasteiger partial charge in [-0.1, -0.05) is 12.1 Å². The van der Waals surface area contributed by atoms with E-state index in [1.54, 1.807) is 7.11 Å². The van der Waals surface area contributed by atoms with Gasteiger partial charge in [0.05, 0.1) is 18.5 Å². The maximum atomic E-state index is 6.09. The van der Waals surface area contributed by atoms with Crippen molar-refractivity contribution in [3.05, 3.63) is 48.3 Å². The molecule has 2 N–H and O–H groups in total. The smallest absolute Gasteiger partial charge is 0.137 e. The Bertz CT molecular complexity index is 959. The highest BCUT2D eigenvalue weighted by atomic mass is 16.5. The second kappa shape index (κ2) is 7.81. The molecule has 1 saturated heterocycles. The van der Waals surface area contributed by atoms with E-state index in [1.807, 2.05) is 36.5 Å². The maximum Gasteiger partial charge on any atom is 0.137 e. The van der Waals surface area contributed by atoms with Crippen molar-refractivity contribution in [3.8, 4) is 17.0 Å². The van der Waals surface area contributed by atoms with E-state index in [-0.39, 0.29) is 0 Å². The van der Waals surface area contributed by atoms with Crippen LogP contribution >= 0.6 is 0 Å². The summed E-state index contributed by atoms with van der Waals surface area (Å²) in [5.41, 5.74) is 11.0. The molecular formula is C22H29N5O. The highest BCUT2D eigenvalue weighted by molar-refractivity contribution is 5.68. The van der Waals surface area contributed by atoms with Gasteiger partial charge in [0, 0.05) is 30.0 Å². The van der Waals surface area contributed by atoms with Crippen LogP contribution in [0.2, 0.25) is 0 Å². The third kappa shape index (κ3) is 3.70. The molecule has 1 aliphatic rings. The highest BCUT2D eigenvalue weighted by Gasteiger charge is 2.23. The zero-order valence-corrected chi connectivity index (χ0v) is 16.9. The fraction of sp³-hybridized carbons (Fsp3) is 0.409. The molecule has 148 valence electrons. The van der Waals surface area contributed by atoms with E-state index in [4.69, 9.17) is 15.5 Å². The number of piperidine rings is 1. The lowest BCUT2D eigenvalue weighted by atomic mass is 10.0. The fourth-order valence-electron chi connectivity index (χ4n) is 4.06. The molecule has 1 aliphatic heterocycles. The number of rotatable bonds is 5. The van der Waals surface area contributed by atoms with Gasteiger partial charge in [0.15, 0.2) is 0 Å². The van der Waals surface area contributed by atoms with Crippen molar-refractivity contribution in [3.63, 3.8) is 0 Å². The SMILES string of the molecule is COc1cccc(-c2nc3ccc(N)cn3c2CN(C)C2CCN(C)CC2)c1. The van der Waals surface area contributed by atoms with Gasteiger partial charge in [-0.3, -0.25) is 4.90 Å². The number of nitrogen functional groups attached to an aromatic ring is 1. The molecular weight excluding hydrogens is 350 g/mol. The van der Waals surface area contributed by atoms with Crippen LogP contribution in [0.3, 0.4) is 0 Å². The first-order valence-electron chi connectivity index (χ1n) is 9.85. The second-order valence-corrected chi connectivity index (χ2v) is 7.78. The van der Waals surface area contributed by atoms with E-state index in [0.29, 0.717) is 6.04 Å². The Morgan fingerprint density at radius 3 is 2.75 bits per heavy atom. The van der Waals surface area contributed by atoms with Gasteiger partial charge in [-0.25, -0.2) is 4.98 Å². The molecule has 6 heteroatoms. The molecule has 2 aromatic heterocycles. The van der Waals surface area contributed by atoms with Crippen LogP contribution < -0.4 is 10.5 Å². The summed E-state index contributed by atoms with van der Waals surface area (Å²) >= 11 is 0. The number of anilines is 1. The highest BCUT2D eigenvalue weighted by Crippen LogP contribution is 2.29.